The normalized spacial score (nSPS) is 13.2. The third kappa shape index (κ3) is 3.85. The summed E-state index contributed by atoms with van der Waals surface area (Å²) in [4.78, 5) is 25.7. The van der Waals surface area contributed by atoms with Crippen LogP contribution < -0.4 is 10.9 Å². The number of aromatic nitrogens is 2. The molecule has 0 aliphatic rings. The molecule has 1 amide bonds. The van der Waals surface area contributed by atoms with Crippen LogP contribution in [0.2, 0.25) is 0 Å². The van der Waals surface area contributed by atoms with Gasteiger partial charge in [0, 0.05) is 6.07 Å². The number of hydrogen-bond acceptors (Lipinski definition) is 4. The number of thiophene rings is 1. The molecule has 5 nitrogen and oxygen atoms in total. The van der Waals surface area contributed by atoms with Gasteiger partial charge in [-0.1, -0.05) is 36.4 Å². The fourth-order valence-electron chi connectivity index (χ4n) is 2.53. The van der Waals surface area contributed by atoms with Gasteiger partial charge in [0.2, 0.25) is 5.91 Å². The van der Waals surface area contributed by atoms with Gasteiger partial charge in [-0.3, -0.25) is 9.59 Å². The van der Waals surface area contributed by atoms with Crippen molar-refractivity contribution in [3.05, 3.63) is 75.9 Å². The second-order valence-corrected chi connectivity index (χ2v) is 6.74. The summed E-state index contributed by atoms with van der Waals surface area (Å²) in [6.45, 7) is 3.60. The molecule has 0 aliphatic heterocycles. The van der Waals surface area contributed by atoms with Crippen LogP contribution in [0.1, 0.15) is 31.5 Å². The summed E-state index contributed by atoms with van der Waals surface area (Å²) < 4.78 is 1.24. The Bertz CT molecular complexity index is 904. The van der Waals surface area contributed by atoms with Crippen molar-refractivity contribution in [3.8, 4) is 10.6 Å². The summed E-state index contributed by atoms with van der Waals surface area (Å²) in [7, 11) is 0. The number of carbonyl (C=O) groups excluding carboxylic acids is 1. The van der Waals surface area contributed by atoms with Crippen molar-refractivity contribution in [2.75, 3.05) is 0 Å². The van der Waals surface area contributed by atoms with Crippen LogP contribution in [-0.2, 0) is 4.79 Å². The highest BCUT2D eigenvalue weighted by molar-refractivity contribution is 7.13. The van der Waals surface area contributed by atoms with E-state index >= 15 is 0 Å². The van der Waals surface area contributed by atoms with Crippen molar-refractivity contribution < 1.29 is 4.79 Å². The minimum Gasteiger partial charge on any atom is -0.348 e. The smallest absolute Gasteiger partial charge is 0.267 e. The number of nitrogens with zero attached hydrogens (tertiary/aromatic N) is 2. The lowest BCUT2D eigenvalue weighted by molar-refractivity contribution is -0.124. The Morgan fingerprint density at radius 1 is 1.08 bits per heavy atom. The zero-order valence-electron chi connectivity index (χ0n) is 14.0. The van der Waals surface area contributed by atoms with Gasteiger partial charge in [0.1, 0.15) is 11.7 Å². The SMILES string of the molecule is CC(NC(=O)C(C)n1nc(-c2cccs2)ccc1=O)c1ccccc1. The van der Waals surface area contributed by atoms with E-state index < -0.39 is 6.04 Å². The maximum atomic E-state index is 12.6. The zero-order valence-corrected chi connectivity index (χ0v) is 14.9. The molecule has 1 aromatic carbocycles. The standard InChI is InChI=1S/C19H19N3O2S/c1-13(15-7-4-3-5-8-15)20-19(24)14(2)22-18(23)11-10-16(21-22)17-9-6-12-25-17/h3-14H,1-2H3,(H,20,24). The Balaban J connectivity index is 1.80. The van der Waals surface area contributed by atoms with Gasteiger partial charge in [0.05, 0.1) is 10.9 Å². The molecule has 0 radical (unpaired) electrons. The first-order valence-corrected chi connectivity index (χ1v) is 8.93. The first kappa shape index (κ1) is 17.1. The molecule has 0 spiro atoms. The Morgan fingerprint density at radius 2 is 1.84 bits per heavy atom. The van der Waals surface area contributed by atoms with Crippen LogP contribution in [0.5, 0.6) is 0 Å². The zero-order chi connectivity index (χ0) is 17.8. The average Bonchev–Trinajstić information content (AvgIpc) is 3.17. The maximum absolute atomic E-state index is 12.6. The summed E-state index contributed by atoms with van der Waals surface area (Å²) in [5.41, 5.74) is 1.40. The van der Waals surface area contributed by atoms with Gasteiger partial charge in [-0.25, -0.2) is 4.68 Å². The Labute approximate surface area is 150 Å². The molecule has 1 N–H and O–H groups in total. The fourth-order valence-corrected chi connectivity index (χ4v) is 3.22. The number of carbonyl (C=O) groups is 1. The highest BCUT2D eigenvalue weighted by Crippen LogP contribution is 2.21. The topological polar surface area (TPSA) is 64.0 Å². The summed E-state index contributed by atoms with van der Waals surface area (Å²) in [6, 6.07) is 15.9. The highest BCUT2D eigenvalue weighted by atomic mass is 32.1. The molecule has 2 atom stereocenters. The van der Waals surface area contributed by atoms with E-state index in [0.717, 1.165) is 10.4 Å². The molecule has 2 unspecified atom stereocenters. The molecule has 0 aliphatic carbocycles. The number of hydrogen-bond donors (Lipinski definition) is 1. The predicted molar refractivity (Wildman–Crippen MR) is 99.5 cm³/mol. The summed E-state index contributed by atoms with van der Waals surface area (Å²) >= 11 is 1.54. The summed E-state index contributed by atoms with van der Waals surface area (Å²) in [5.74, 6) is -0.241. The maximum Gasteiger partial charge on any atom is 0.267 e. The second kappa shape index (κ2) is 7.44. The molecule has 25 heavy (non-hydrogen) atoms. The highest BCUT2D eigenvalue weighted by Gasteiger charge is 2.20. The van der Waals surface area contributed by atoms with Crippen LogP contribution in [0.25, 0.3) is 10.6 Å². The van der Waals surface area contributed by atoms with Crippen LogP contribution >= 0.6 is 11.3 Å². The van der Waals surface area contributed by atoms with Gasteiger partial charge in [-0.2, -0.15) is 5.10 Å². The van der Waals surface area contributed by atoms with E-state index in [1.165, 1.54) is 10.7 Å². The van der Waals surface area contributed by atoms with E-state index in [1.54, 1.807) is 24.3 Å². The Hall–Kier alpha value is -2.73. The van der Waals surface area contributed by atoms with E-state index in [2.05, 4.69) is 10.4 Å². The molecular weight excluding hydrogens is 334 g/mol. The first-order chi connectivity index (χ1) is 12.1. The lowest BCUT2D eigenvalue weighted by Gasteiger charge is -2.19. The molecule has 0 saturated carbocycles. The van der Waals surface area contributed by atoms with Gasteiger partial charge in [0.15, 0.2) is 0 Å². The lowest BCUT2D eigenvalue weighted by Crippen LogP contribution is -2.38. The molecular formula is C19H19N3O2S. The molecule has 3 rings (SSSR count). The van der Waals surface area contributed by atoms with Gasteiger partial charge in [-0.05, 0) is 36.9 Å². The van der Waals surface area contributed by atoms with Crippen molar-refractivity contribution in [1.29, 1.82) is 0 Å². The number of rotatable bonds is 5. The largest absolute Gasteiger partial charge is 0.348 e. The third-order valence-corrected chi connectivity index (χ3v) is 4.90. The van der Waals surface area contributed by atoms with E-state index in [1.807, 2.05) is 54.8 Å². The van der Waals surface area contributed by atoms with Crippen LogP contribution in [0.4, 0.5) is 0 Å². The van der Waals surface area contributed by atoms with Crippen LogP contribution in [-0.4, -0.2) is 15.7 Å². The number of nitrogens with one attached hydrogen (secondary N) is 1. The van der Waals surface area contributed by atoms with Crippen LogP contribution in [0.3, 0.4) is 0 Å². The van der Waals surface area contributed by atoms with Gasteiger partial charge < -0.3 is 5.32 Å². The quantitative estimate of drug-likeness (QED) is 0.764. The minimum atomic E-state index is -0.696. The van der Waals surface area contributed by atoms with Gasteiger partial charge >= 0.3 is 0 Å². The number of amides is 1. The van der Waals surface area contributed by atoms with Crippen LogP contribution in [0, 0.1) is 0 Å². The van der Waals surface area contributed by atoms with E-state index in [4.69, 9.17) is 0 Å². The van der Waals surface area contributed by atoms with Crippen molar-refractivity contribution in [2.24, 2.45) is 0 Å². The Kier molecular flexibility index (Phi) is 5.09. The Morgan fingerprint density at radius 3 is 2.52 bits per heavy atom. The first-order valence-electron chi connectivity index (χ1n) is 8.05. The van der Waals surface area contributed by atoms with Crippen molar-refractivity contribution in [2.45, 2.75) is 25.9 Å². The third-order valence-electron chi connectivity index (χ3n) is 4.00. The lowest BCUT2D eigenvalue weighted by atomic mass is 10.1. The molecule has 0 saturated heterocycles. The molecule has 2 aromatic heterocycles. The summed E-state index contributed by atoms with van der Waals surface area (Å²) in [5, 5.41) is 9.26. The van der Waals surface area contributed by atoms with Gasteiger partial charge in [0.25, 0.3) is 5.56 Å². The average molecular weight is 353 g/mol. The monoisotopic (exact) mass is 353 g/mol. The molecule has 3 aromatic rings. The number of benzene rings is 1. The van der Waals surface area contributed by atoms with Crippen LogP contribution in [0.15, 0.2) is 64.8 Å². The molecule has 128 valence electrons. The van der Waals surface area contributed by atoms with Gasteiger partial charge in [-0.15, -0.1) is 11.3 Å². The van der Waals surface area contributed by atoms with E-state index in [9.17, 15) is 9.59 Å². The molecule has 2 heterocycles. The van der Waals surface area contributed by atoms with E-state index in [0.29, 0.717) is 5.69 Å². The van der Waals surface area contributed by atoms with Crippen molar-refractivity contribution in [3.63, 3.8) is 0 Å². The molecule has 0 bridgehead atoms. The molecule has 6 heteroatoms. The minimum absolute atomic E-state index is 0.146. The summed E-state index contributed by atoms with van der Waals surface area (Å²) in [6.07, 6.45) is 0. The second-order valence-electron chi connectivity index (χ2n) is 5.80. The fraction of sp³-hybridized carbons (Fsp3) is 0.211. The van der Waals surface area contributed by atoms with Crippen molar-refractivity contribution in [1.82, 2.24) is 15.1 Å². The predicted octanol–water partition coefficient (Wildman–Crippen LogP) is 3.41. The van der Waals surface area contributed by atoms with Crippen molar-refractivity contribution >= 4 is 17.2 Å². The van der Waals surface area contributed by atoms with E-state index in [-0.39, 0.29) is 17.5 Å². The molecule has 0 fully saturated rings.